The first-order chi connectivity index (χ1) is 10.6. The number of aryl methyl sites for hydroxylation is 1. The molecule has 1 unspecified atom stereocenters. The Bertz CT molecular complexity index is 926. The summed E-state index contributed by atoms with van der Waals surface area (Å²) in [6.45, 7) is 2.25. The van der Waals surface area contributed by atoms with Crippen LogP contribution in [0.25, 0.3) is 21.6 Å². The van der Waals surface area contributed by atoms with Crippen LogP contribution in [-0.4, -0.2) is 15.1 Å². The summed E-state index contributed by atoms with van der Waals surface area (Å²) in [5, 5.41) is 10.4. The van der Waals surface area contributed by atoms with Gasteiger partial charge in [0.05, 0.1) is 5.39 Å². The number of H-pyrrole nitrogens is 1. The lowest BCUT2D eigenvalue weighted by Crippen LogP contribution is -2.13. The minimum atomic E-state index is -0.0737. The van der Waals surface area contributed by atoms with Crippen molar-refractivity contribution in [2.45, 2.75) is 26.2 Å². The average molecular weight is 312 g/mol. The second-order valence-corrected chi connectivity index (χ2v) is 7.08. The van der Waals surface area contributed by atoms with Crippen LogP contribution in [0.5, 0.6) is 5.75 Å². The van der Waals surface area contributed by atoms with E-state index in [4.69, 9.17) is 0 Å². The molecular formula is C17H16N2O2S. The summed E-state index contributed by atoms with van der Waals surface area (Å²) in [6.07, 6.45) is 3.14. The van der Waals surface area contributed by atoms with E-state index < -0.39 is 0 Å². The molecular weight excluding hydrogens is 296 g/mol. The van der Waals surface area contributed by atoms with Gasteiger partial charge in [-0.3, -0.25) is 4.79 Å². The summed E-state index contributed by atoms with van der Waals surface area (Å²) in [5.74, 6) is 1.35. The third-order valence-corrected chi connectivity index (χ3v) is 5.43. The molecule has 2 aromatic heterocycles. The van der Waals surface area contributed by atoms with E-state index in [1.807, 2.05) is 6.07 Å². The summed E-state index contributed by atoms with van der Waals surface area (Å²) >= 11 is 1.64. The molecule has 5 heteroatoms. The molecule has 1 aromatic carbocycles. The molecule has 1 aliphatic rings. The lowest BCUT2D eigenvalue weighted by molar-refractivity contribution is 0.475. The van der Waals surface area contributed by atoms with E-state index in [1.165, 1.54) is 10.4 Å². The zero-order valence-electron chi connectivity index (χ0n) is 12.2. The minimum Gasteiger partial charge on any atom is -0.508 e. The molecule has 4 nitrogen and oxygen atoms in total. The molecule has 0 aliphatic heterocycles. The number of hydrogen-bond donors (Lipinski definition) is 2. The molecule has 0 spiro atoms. The van der Waals surface area contributed by atoms with Crippen molar-refractivity contribution >= 4 is 21.6 Å². The molecule has 2 N–H and O–H groups in total. The molecule has 0 amide bonds. The van der Waals surface area contributed by atoms with Crippen LogP contribution in [0.2, 0.25) is 0 Å². The molecule has 0 saturated carbocycles. The highest BCUT2D eigenvalue weighted by molar-refractivity contribution is 7.18. The Balaban J connectivity index is 1.92. The zero-order chi connectivity index (χ0) is 15.3. The number of aromatic hydroxyl groups is 1. The van der Waals surface area contributed by atoms with Crippen LogP contribution in [0, 0.1) is 5.92 Å². The number of fused-ring (bicyclic) bond motifs is 3. The van der Waals surface area contributed by atoms with E-state index >= 15 is 0 Å². The van der Waals surface area contributed by atoms with Crippen LogP contribution in [-0.2, 0) is 12.8 Å². The predicted octanol–water partition coefficient (Wildman–Crippen LogP) is 3.48. The largest absolute Gasteiger partial charge is 0.508 e. The van der Waals surface area contributed by atoms with Crippen molar-refractivity contribution in [2.24, 2.45) is 5.92 Å². The van der Waals surface area contributed by atoms with Gasteiger partial charge in [0.2, 0.25) is 0 Å². The van der Waals surface area contributed by atoms with Crippen molar-refractivity contribution in [1.82, 2.24) is 9.97 Å². The van der Waals surface area contributed by atoms with Crippen molar-refractivity contribution in [2.75, 3.05) is 0 Å². The van der Waals surface area contributed by atoms with Gasteiger partial charge < -0.3 is 10.1 Å². The van der Waals surface area contributed by atoms with Crippen molar-refractivity contribution in [3.63, 3.8) is 0 Å². The van der Waals surface area contributed by atoms with Crippen LogP contribution >= 0.6 is 11.3 Å². The highest BCUT2D eigenvalue weighted by Gasteiger charge is 2.23. The van der Waals surface area contributed by atoms with Crippen LogP contribution in [0.4, 0.5) is 0 Å². The Morgan fingerprint density at radius 1 is 1.41 bits per heavy atom. The van der Waals surface area contributed by atoms with E-state index in [1.54, 1.807) is 29.5 Å². The van der Waals surface area contributed by atoms with Gasteiger partial charge in [0.25, 0.3) is 5.56 Å². The molecule has 4 rings (SSSR count). The predicted molar refractivity (Wildman–Crippen MR) is 88.5 cm³/mol. The van der Waals surface area contributed by atoms with Crippen LogP contribution < -0.4 is 5.56 Å². The number of nitrogens with one attached hydrogen (secondary N) is 1. The fraction of sp³-hybridized carbons (Fsp3) is 0.294. The van der Waals surface area contributed by atoms with Crippen LogP contribution in [0.1, 0.15) is 23.8 Å². The third kappa shape index (κ3) is 2.13. The summed E-state index contributed by atoms with van der Waals surface area (Å²) in [4.78, 5) is 22.1. The van der Waals surface area contributed by atoms with E-state index in [-0.39, 0.29) is 11.3 Å². The second kappa shape index (κ2) is 4.95. The molecule has 1 atom stereocenters. The summed E-state index contributed by atoms with van der Waals surface area (Å²) < 4.78 is 0. The van der Waals surface area contributed by atoms with Gasteiger partial charge in [0, 0.05) is 10.4 Å². The van der Waals surface area contributed by atoms with E-state index in [0.29, 0.717) is 11.7 Å². The second-order valence-electron chi connectivity index (χ2n) is 6.00. The van der Waals surface area contributed by atoms with E-state index in [0.717, 1.165) is 35.0 Å². The number of aromatic amines is 1. The van der Waals surface area contributed by atoms with Crippen molar-refractivity contribution < 1.29 is 5.11 Å². The molecule has 3 aromatic rings. The SMILES string of the molecule is CC1CCc2c(sc3nc(-c4cccc(O)c4)[nH]c(=O)c23)C1. The Morgan fingerprint density at radius 3 is 3.09 bits per heavy atom. The zero-order valence-corrected chi connectivity index (χ0v) is 13.0. The Kier molecular flexibility index (Phi) is 3.04. The lowest BCUT2D eigenvalue weighted by Gasteiger charge is -2.17. The van der Waals surface area contributed by atoms with Gasteiger partial charge >= 0.3 is 0 Å². The first kappa shape index (κ1) is 13.5. The average Bonchev–Trinajstić information content (AvgIpc) is 2.84. The van der Waals surface area contributed by atoms with Gasteiger partial charge in [-0.15, -0.1) is 11.3 Å². The lowest BCUT2D eigenvalue weighted by atomic mass is 9.89. The Hall–Kier alpha value is -2.14. The summed E-state index contributed by atoms with van der Waals surface area (Å²) in [7, 11) is 0. The van der Waals surface area contributed by atoms with Gasteiger partial charge in [-0.1, -0.05) is 19.1 Å². The molecule has 0 fully saturated rings. The number of hydrogen-bond acceptors (Lipinski definition) is 4. The molecule has 1 aliphatic carbocycles. The van der Waals surface area contributed by atoms with Crippen molar-refractivity contribution in [3.05, 3.63) is 45.1 Å². The fourth-order valence-electron chi connectivity index (χ4n) is 3.14. The van der Waals surface area contributed by atoms with Gasteiger partial charge in [-0.25, -0.2) is 4.98 Å². The number of nitrogens with zero attached hydrogens (tertiary/aromatic N) is 1. The number of thiophene rings is 1. The molecule has 0 radical (unpaired) electrons. The molecule has 0 bridgehead atoms. The number of aromatic nitrogens is 2. The van der Waals surface area contributed by atoms with Crippen molar-refractivity contribution in [1.29, 1.82) is 0 Å². The maximum absolute atomic E-state index is 12.5. The number of phenolic OH excluding ortho intramolecular Hbond substituents is 1. The van der Waals surface area contributed by atoms with E-state index in [2.05, 4.69) is 16.9 Å². The van der Waals surface area contributed by atoms with Crippen molar-refractivity contribution in [3.8, 4) is 17.1 Å². The highest BCUT2D eigenvalue weighted by atomic mass is 32.1. The fourth-order valence-corrected chi connectivity index (χ4v) is 4.52. The maximum atomic E-state index is 12.5. The maximum Gasteiger partial charge on any atom is 0.260 e. The van der Waals surface area contributed by atoms with Gasteiger partial charge in [-0.2, -0.15) is 0 Å². The first-order valence-corrected chi connectivity index (χ1v) is 8.27. The van der Waals surface area contributed by atoms with Gasteiger partial charge in [-0.05, 0) is 42.9 Å². The van der Waals surface area contributed by atoms with Gasteiger partial charge in [0.15, 0.2) is 0 Å². The third-order valence-electron chi connectivity index (χ3n) is 4.29. The minimum absolute atomic E-state index is 0.0737. The van der Waals surface area contributed by atoms with Crippen LogP contribution in [0.15, 0.2) is 29.1 Å². The first-order valence-electron chi connectivity index (χ1n) is 7.46. The van der Waals surface area contributed by atoms with E-state index in [9.17, 15) is 9.90 Å². The number of benzene rings is 1. The summed E-state index contributed by atoms with van der Waals surface area (Å²) in [5.41, 5.74) is 1.84. The Morgan fingerprint density at radius 2 is 2.27 bits per heavy atom. The topological polar surface area (TPSA) is 66.0 Å². The Labute approximate surface area is 131 Å². The molecule has 22 heavy (non-hydrogen) atoms. The number of rotatable bonds is 1. The van der Waals surface area contributed by atoms with Gasteiger partial charge in [0.1, 0.15) is 16.4 Å². The van der Waals surface area contributed by atoms with Crippen LogP contribution in [0.3, 0.4) is 0 Å². The summed E-state index contributed by atoms with van der Waals surface area (Å²) in [6, 6.07) is 6.79. The smallest absolute Gasteiger partial charge is 0.260 e. The molecule has 0 saturated heterocycles. The highest BCUT2D eigenvalue weighted by Crippen LogP contribution is 2.36. The monoisotopic (exact) mass is 312 g/mol. The normalized spacial score (nSPS) is 17.6. The standard InChI is InChI=1S/C17H16N2O2S/c1-9-5-6-12-13(7-9)22-17-14(12)16(21)18-15(19-17)10-3-2-4-11(20)8-10/h2-4,8-9,20H,5-7H2,1H3,(H,18,19,21). The number of phenols is 1. The molecule has 112 valence electrons. The quantitative estimate of drug-likeness (QED) is 0.723. The molecule has 2 heterocycles.